The Morgan fingerprint density at radius 3 is 2.69 bits per heavy atom. The highest BCUT2D eigenvalue weighted by atomic mass is 32.2. The third-order valence-corrected chi connectivity index (χ3v) is 6.88. The number of esters is 1. The van der Waals surface area contributed by atoms with Gasteiger partial charge in [-0.2, -0.15) is 0 Å². The standard InChI is InChI=1S/C20H27N3O4S2/c1-4-14-12(3)29-18(16(14)19(25)26-5-2)21-15(24)11-28-20-23-22-17(27-20)13-9-7-6-8-10-13/h13H,4-11H2,1-3H3,(H,21,24). The van der Waals surface area contributed by atoms with Crippen molar-refractivity contribution in [3.8, 4) is 0 Å². The van der Waals surface area contributed by atoms with Crippen molar-refractivity contribution >= 4 is 40.0 Å². The van der Waals surface area contributed by atoms with E-state index in [1.54, 1.807) is 6.92 Å². The number of hydrogen-bond donors (Lipinski definition) is 1. The van der Waals surface area contributed by atoms with Crippen LogP contribution in [0.1, 0.15) is 78.6 Å². The number of thioether (sulfide) groups is 1. The molecule has 1 aliphatic rings. The van der Waals surface area contributed by atoms with E-state index in [-0.39, 0.29) is 11.7 Å². The second kappa shape index (κ2) is 10.2. The van der Waals surface area contributed by atoms with Gasteiger partial charge < -0.3 is 14.5 Å². The molecule has 0 bridgehead atoms. The first-order valence-electron chi connectivity index (χ1n) is 10.1. The van der Waals surface area contributed by atoms with Gasteiger partial charge in [-0.3, -0.25) is 4.79 Å². The number of nitrogens with one attached hydrogen (secondary N) is 1. The van der Waals surface area contributed by atoms with Gasteiger partial charge in [0.05, 0.1) is 17.9 Å². The first-order valence-corrected chi connectivity index (χ1v) is 11.9. The van der Waals surface area contributed by atoms with Crippen molar-refractivity contribution in [2.75, 3.05) is 17.7 Å². The van der Waals surface area contributed by atoms with Gasteiger partial charge >= 0.3 is 5.97 Å². The third-order valence-electron chi connectivity index (χ3n) is 5.00. The summed E-state index contributed by atoms with van der Waals surface area (Å²) in [6.45, 7) is 5.99. The fourth-order valence-corrected chi connectivity index (χ4v) is 5.31. The predicted octanol–water partition coefficient (Wildman–Crippen LogP) is 4.96. The highest BCUT2D eigenvalue weighted by molar-refractivity contribution is 7.99. The second-order valence-electron chi connectivity index (χ2n) is 6.99. The van der Waals surface area contributed by atoms with Crippen molar-refractivity contribution in [2.45, 2.75) is 70.4 Å². The largest absolute Gasteiger partial charge is 0.462 e. The van der Waals surface area contributed by atoms with E-state index >= 15 is 0 Å². The van der Waals surface area contributed by atoms with Crippen LogP contribution >= 0.6 is 23.1 Å². The van der Waals surface area contributed by atoms with E-state index in [1.807, 2.05) is 13.8 Å². The summed E-state index contributed by atoms with van der Waals surface area (Å²) in [6, 6.07) is 0. The Morgan fingerprint density at radius 2 is 2.00 bits per heavy atom. The lowest BCUT2D eigenvalue weighted by atomic mass is 9.89. The molecule has 1 saturated carbocycles. The summed E-state index contributed by atoms with van der Waals surface area (Å²) in [5.41, 5.74) is 1.39. The zero-order valence-corrected chi connectivity index (χ0v) is 18.7. The molecule has 0 aliphatic heterocycles. The van der Waals surface area contributed by atoms with E-state index in [9.17, 15) is 9.59 Å². The van der Waals surface area contributed by atoms with Crippen LogP contribution in [0.3, 0.4) is 0 Å². The number of aryl methyl sites for hydroxylation is 1. The number of carbonyl (C=O) groups excluding carboxylic acids is 2. The Bertz CT molecular complexity index is 856. The lowest BCUT2D eigenvalue weighted by Crippen LogP contribution is -2.16. The lowest BCUT2D eigenvalue weighted by molar-refractivity contribution is -0.113. The Balaban J connectivity index is 1.61. The number of nitrogens with zero attached hydrogens (tertiary/aromatic N) is 2. The maximum Gasteiger partial charge on any atom is 0.341 e. The van der Waals surface area contributed by atoms with Gasteiger partial charge in [0.15, 0.2) is 0 Å². The van der Waals surface area contributed by atoms with Gasteiger partial charge in [-0.25, -0.2) is 4.79 Å². The summed E-state index contributed by atoms with van der Waals surface area (Å²) in [5, 5.41) is 12.0. The SMILES string of the molecule is CCOC(=O)c1c(NC(=O)CSc2nnc(C3CCCCC3)o2)sc(C)c1CC. The summed E-state index contributed by atoms with van der Waals surface area (Å²) in [4.78, 5) is 25.8. The van der Waals surface area contributed by atoms with Crippen molar-refractivity contribution in [1.29, 1.82) is 0 Å². The van der Waals surface area contributed by atoms with Crippen molar-refractivity contribution in [3.05, 3.63) is 21.9 Å². The molecule has 0 radical (unpaired) electrons. The third kappa shape index (κ3) is 5.39. The molecule has 1 N–H and O–H groups in total. The van der Waals surface area contributed by atoms with E-state index in [4.69, 9.17) is 9.15 Å². The smallest absolute Gasteiger partial charge is 0.341 e. The van der Waals surface area contributed by atoms with Crippen molar-refractivity contribution in [2.24, 2.45) is 0 Å². The molecule has 1 aliphatic carbocycles. The van der Waals surface area contributed by atoms with E-state index in [2.05, 4.69) is 15.5 Å². The zero-order chi connectivity index (χ0) is 20.8. The molecule has 29 heavy (non-hydrogen) atoms. The van der Waals surface area contributed by atoms with Crippen LogP contribution in [0.25, 0.3) is 0 Å². The molecule has 158 valence electrons. The minimum atomic E-state index is -0.398. The number of ether oxygens (including phenoxy) is 1. The van der Waals surface area contributed by atoms with Gasteiger partial charge in [-0.05, 0) is 38.7 Å². The van der Waals surface area contributed by atoms with Crippen LogP contribution in [0.4, 0.5) is 5.00 Å². The predicted molar refractivity (Wildman–Crippen MR) is 114 cm³/mol. The van der Waals surface area contributed by atoms with E-state index in [0.717, 1.165) is 23.3 Å². The number of amides is 1. The van der Waals surface area contributed by atoms with Gasteiger partial charge in [-0.1, -0.05) is 37.9 Å². The molecule has 0 aromatic carbocycles. The quantitative estimate of drug-likeness (QED) is 0.461. The van der Waals surface area contributed by atoms with Crippen LogP contribution in [0.15, 0.2) is 9.64 Å². The van der Waals surface area contributed by atoms with Crippen LogP contribution in [-0.2, 0) is 16.0 Å². The minimum Gasteiger partial charge on any atom is -0.462 e. The summed E-state index contributed by atoms with van der Waals surface area (Å²) in [7, 11) is 0. The average molecular weight is 438 g/mol. The second-order valence-corrected chi connectivity index (χ2v) is 9.14. The molecule has 2 heterocycles. The maximum absolute atomic E-state index is 12.5. The topological polar surface area (TPSA) is 94.3 Å². The van der Waals surface area contributed by atoms with E-state index in [1.165, 1.54) is 42.4 Å². The Morgan fingerprint density at radius 1 is 1.24 bits per heavy atom. The molecule has 0 saturated heterocycles. The summed E-state index contributed by atoms with van der Waals surface area (Å²) in [5.74, 6) is 0.534. The molecule has 1 fully saturated rings. The normalized spacial score (nSPS) is 14.7. The fraction of sp³-hybridized carbons (Fsp3) is 0.600. The van der Waals surface area contributed by atoms with E-state index < -0.39 is 5.97 Å². The van der Waals surface area contributed by atoms with Gasteiger partial charge in [0.2, 0.25) is 11.8 Å². The molecule has 9 heteroatoms. The molecule has 7 nitrogen and oxygen atoms in total. The molecule has 1 amide bonds. The molecular formula is C20H27N3O4S2. The fourth-order valence-electron chi connectivity index (χ4n) is 3.59. The van der Waals surface area contributed by atoms with E-state index in [0.29, 0.717) is 40.6 Å². The first kappa shape index (κ1) is 21.8. The van der Waals surface area contributed by atoms with Crippen LogP contribution < -0.4 is 5.32 Å². The maximum atomic E-state index is 12.5. The van der Waals surface area contributed by atoms with Gasteiger partial charge in [-0.15, -0.1) is 21.5 Å². The van der Waals surface area contributed by atoms with Crippen molar-refractivity contribution in [3.63, 3.8) is 0 Å². The monoisotopic (exact) mass is 437 g/mol. The molecule has 3 rings (SSSR count). The molecular weight excluding hydrogens is 410 g/mol. The number of anilines is 1. The molecule has 0 spiro atoms. The summed E-state index contributed by atoms with van der Waals surface area (Å²) < 4.78 is 10.9. The number of thiophene rings is 1. The van der Waals surface area contributed by atoms with Gasteiger partial charge in [0, 0.05) is 10.8 Å². The lowest BCUT2D eigenvalue weighted by Gasteiger charge is -2.17. The highest BCUT2D eigenvalue weighted by Gasteiger charge is 2.24. The molecule has 0 unspecified atom stereocenters. The minimum absolute atomic E-state index is 0.132. The Kier molecular flexibility index (Phi) is 7.71. The van der Waals surface area contributed by atoms with Gasteiger partial charge in [0.25, 0.3) is 5.22 Å². The summed E-state index contributed by atoms with van der Waals surface area (Å²) in [6.07, 6.45) is 6.53. The number of aromatic nitrogens is 2. The van der Waals surface area contributed by atoms with Gasteiger partial charge in [0.1, 0.15) is 5.00 Å². The first-order chi connectivity index (χ1) is 14.0. The van der Waals surface area contributed by atoms with Crippen LogP contribution in [-0.4, -0.2) is 34.4 Å². The number of hydrogen-bond acceptors (Lipinski definition) is 8. The average Bonchev–Trinajstić information content (AvgIpc) is 3.31. The van der Waals surface area contributed by atoms with Crippen molar-refractivity contribution < 1.29 is 18.7 Å². The summed E-state index contributed by atoms with van der Waals surface area (Å²) >= 11 is 2.61. The number of rotatable bonds is 8. The Labute approximate surface area is 179 Å². The van der Waals surface area contributed by atoms with Crippen LogP contribution in [0.2, 0.25) is 0 Å². The highest BCUT2D eigenvalue weighted by Crippen LogP contribution is 2.35. The van der Waals surface area contributed by atoms with Crippen LogP contribution in [0, 0.1) is 6.92 Å². The molecule has 2 aromatic heterocycles. The number of carbonyl (C=O) groups is 2. The van der Waals surface area contributed by atoms with Crippen LogP contribution in [0.5, 0.6) is 0 Å². The Hall–Kier alpha value is -1.87. The molecule has 2 aromatic rings. The molecule has 0 atom stereocenters. The zero-order valence-electron chi connectivity index (χ0n) is 17.1. The van der Waals surface area contributed by atoms with Crippen molar-refractivity contribution in [1.82, 2.24) is 10.2 Å².